The molecule has 0 aliphatic heterocycles. The lowest BCUT2D eigenvalue weighted by Crippen LogP contribution is -2.01. The fourth-order valence-corrected chi connectivity index (χ4v) is 0.722. The predicted molar refractivity (Wildman–Crippen MR) is 47.5 cm³/mol. The van der Waals surface area contributed by atoms with Crippen LogP contribution in [0.15, 0.2) is 18.5 Å². The summed E-state index contributed by atoms with van der Waals surface area (Å²) in [4.78, 5) is 17.9. The second kappa shape index (κ2) is 3.85. The fraction of sp³-hybridized carbons (Fsp3) is 0.333. The van der Waals surface area contributed by atoms with Crippen LogP contribution in [0.2, 0.25) is 0 Å². The maximum absolute atomic E-state index is 11.1. The Morgan fingerprint density at radius 1 is 1.67 bits per heavy atom. The number of allylic oxidation sites excluding steroid dienone is 1. The van der Waals surface area contributed by atoms with Gasteiger partial charge in [0.15, 0.2) is 5.78 Å². The molecule has 1 heterocycles. The Morgan fingerprint density at radius 3 is 2.92 bits per heavy atom. The number of rotatable bonds is 3. The molecule has 0 aliphatic rings. The summed E-state index contributed by atoms with van der Waals surface area (Å²) in [5.74, 6) is 0.881. The number of carbonyl (C=O) groups is 1. The molecule has 0 unspecified atom stereocenters. The first-order chi connectivity index (χ1) is 5.70. The van der Waals surface area contributed by atoms with E-state index >= 15 is 0 Å². The van der Waals surface area contributed by atoms with Gasteiger partial charge in [0.05, 0.1) is 0 Å². The largest absolute Gasteiger partial charge is 0.345 e. The lowest BCUT2D eigenvalue weighted by molar-refractivity contribution is -0.117. The Morgan fingerprint density at radius 2 is 2.42 bits per heavy atom. The van der Waals surface area contributed by atoms with E-state index in [1.54, 1.807) is 24.5 Å². The summed E-state index contributed by atoms with van der Waals surface area (Å²) in [6.45, 7) is 3.74. The van der Waals surface area contributed by atoms with Crippen molar-refractivity contribution in [2.75, 3.05) is 0 Å². The Bertz CT molecular complexity index is 273. The van der Waals surface area contributed by atoms with Crippen molar-refractivity contribution in [3.05, 3.63) is 24.3 Å². The molecule has 3 heteroatoms. The smallest absolute Gasteiger partial charge is 0.158 e. The van der Waals surface area contributed by atoms with E-state index in [9.17, 15) is 4.79 Å². The molecule has 1 aromatic heterocycles. The van der Waals surface area contributed by atoms with Gasteiger partial charge in [0, 0.05) is 18.3 Å². The van der Waals surface area contributed by atoms with Crippen molar-refractivity contribution in [1.29, 1.82) is 0 Å². The number of hydrogen-bond acceptors (Lipinski definition) is 2. The van der Waals surface area contributed by atoms with Crippen LogP contribution in [0, 0.1) is 5.92 Å². The first kappa shape index (κ1) is 8.71. The van der Waals surface area contributed by atoms with Crippen molar-refractivity contribution in [3.8, 4) is 0 Å². The van der Waals surface area contributed by atoms with Crippen LogP contribution in [0.1, 0.15) is 19.7 Å². The minimum Gasteiger partial charge on any atom is -0.345 e. The summed E-state index contributed by atoms with van der Waals surface area (Å²) < 4.78 is 0. The van der Waals surface area contributed by atoms with Gasteiger partial charge in [0.1, 0.15) is 5.82 Å². The molecule has 0 amide bonds. The molecule has 3 nitrogen and oxygen atoms in total. The number of hydrogen-bond donors (Lipinski definition) is 1. The summed E-state index contributed by atoms with van der Waals surface area (Å²) >= 11 is 0. The minimum atomic E-state index is 0.0520. The van der Waals surface area contributed by atoms with E-state index in [1.807, 2.05) is 13.8 Å². The van der Waals surface area contributed by atoms with Crippen molar-refractivity contribution >= 4 is 11.9 Å². The molecular formula is C9H12N2O. The second-order valence-corrected chi connectivity index (χ2v) is 2.86. The van der Waals surface area contributed by atoms with E-state index < -0.39 is 0 Å². The molecule has 12 heavy (non-hydrogen) atoms. The molecule has 1 N–H and O–H groups in total. The van der Waals surface area contributed by atoms with Crippen LogP contribution in [0.5, 0.6) is 0 Å². The molecule has 0 atom stereocenters. The average Bonchev–Trinajstić information content (AvgIpc) is 2.51. The van der Waals surface area contributed by atoms with E-state index in [0.29, 0.717) is 5.82 Å². The number of aromatic nitrogens is 2. The van der Waals surface area contributed by atoms with Gasteiger partial charge in [0.25, 0.3) is 0 Å². The van der Waals surface area contributed by atoms with E-state index in [-0.39, 0.29) is 11.7 Å². The topological polar surface area (TPSA) is 45.8 Å². The van der Waals surface area contributed by atoms with Crippen molar-refractivity contribution in [3.63, 3.8) is 0 Å². The van der Waals surface area contributed by atoms with E-state index in [4.69, 9.17) is 0 Å². The number of aromatic amines is 1. The molecular weight excluding hydrogens is 152 g/mol. The van der Waals surface area contributed by atoms with Gasteiger partial charge in [-0.25, -0.2) is 4.98 Å². The summed E-state index contributed by atoms with van der Waals surface area (Å²) in [5.41, 5.74) is 0. The number of H-pyrrole nitrogens is 1. The van der Waals surface area contributed by atoms with Crippen LogP contribution >= 0.6 is 0 Å². The highest BCUT2D eigenvalue weighted by Crippen LogP contribution is 1.98. The molecule has 1 aromatic rings. The maximum Gasteiger partial charge on any atom is 0.158 e. The van der Waals surface area contributed by atoms with Crippen LogP contribution < -0.4 is 0 Å². The predicted octanol–water partition coefficient (Wildman–Crippen LogP) is 1.65. The van der Waals surface area contributed by atoms with Gasteiger partial charge in [-0.1, -0.05) is 13.8 Å². The third-order valence-corrected chi connectivity index (χ3v) is 1.49. The van der Waals surface area contributed by atoms with Gasteiger partial charge in [-0.3, -0.25) is 4.79 Å². The quantitative estimate of drug-likeness (QED) is 0.690. The molecule has 0 bridgehead atoms. The van der Waals surface area contributed by atoms with Crippen LogP contribution in [0.4, 0.5) is 0 Å². The van der Waals surface area contributed by atoms with Crippen LogP contribution in [0.25, 0.3) is 6.08 Å². The molecule has 0 fully saturated rings. The van der Waals surface area contributed by atoms with E-state index in [1.165, 1.54) is 0 Å². The number of ketones is 1. The van der Waals surface area contributed by atoms with Gasteiger partial charge in [-0.15, -0.1) is 0 Å². The van der Waals surface area contributed by atoms with Crippen LogP contribution in [0.3, 0.4) is 0 Å². The van der Waals surface area contributed by atoms with Crippen molar-refractivity contribution in [1.82, 2.24) is 9.97 Å². The van der Waals surface area contributed by atoms with Gasteiger partial charge in [-0.05, 0) is 12.2 Å². The van der Waals surface area contributed by atoms with E-state index in [0.717, 1.165) is 0 Å². The lowest BCUT2D eigenvalue weighted by atomic mass is 10.1. The highest BCUT2D eigenvalue weighted by molar-refractivity contribution is 5.94. The van der Waals surface area contributed by atoms with Gasteiger partial charge < -0.3 is 4.98 Å². The Labute approximate surface area is 71.5 Å². The maximum atomic E-state index is 11.1. The molecule has 0 radical (unpaired) electrons. The Kier molecular flexibility index (Phi) is 2.80. The van der Waals surface area contributed by atoms with Crippen LogP contribution in [-0.2, 0) is 4.79 Å². The number of imidazole rings is 1. The molecule has 64 valence electrons. The normalized spacial score (nSPS) is 11.2. The summed E-state index contributed by atoms with van der Waals surface area (Å²) in [7, 11) is 0. The second-order valence-electron chi connectivity index (χ2n) is 2.86. The summed E-state index contributed by atoms with van der Waals surface area (Å²) in [6.07, 6.45) is 6.60. The molecule has 0 saturated heterocycles. The Hall–Kier alpha value is -1.38. The number of nitrogens with one attached hydrogen (secondary N) is 1. The van der Waals surface area contributed by atoms with Crippen molar-refractivity contribution < 1.29 is 4.79 Å². The molecule has 0 saturated carbocycles. The lowest BCUT2D eigenvalue weighted by Gasteiger charge is -1.94. The highest BCUT2D eigenvalue weighted by atomic mass is 16.1. The summed E-state index contributed by atoms with van der Waals surface area (Å²) in [5, 5.41) is 0. The molecule has 0 aliphatic carbocycles. The van der Waals surface area contributed by atoms with Gasteiger partial charge in [0.2, 0.25) is 0 Å². The third-order valence-electron chi connectivity index (χ3n) is 1.49. The number of nitrogens with zero attached hydrogens (tertiary/aromatic N) is 1. The SMILES string of the molecule is CC(C)C(=O)/C=C/c1ncc[nH]1. The van der Waals surface area contributed by atoms with Gasteiger partial charge in [-0.2, -0.15) is 0 Å². The fourth-order valence-electron chi connectivity index (χ4n) is 0.722. The third kappa shape index (κ3) is 2.34. The van der Waals surface area contributed by atoms with Crippen molar-refractivity contribution in [2.45, 2.75) is 13.8 Å². The molecule has 0 spiro atoms. The van der Waals surface area contributed by atoms with E-state index in [2.05, 4.69) is 9.97 Å². The molecule has 0 aromatic carbocycles. The zero-order chi connectivity index (χ0) is 8.97. The zero-order valence-electron chi connectivity index (χ0n) is 7.24. The first-order valence-electron chi connectivity index (χ1n) is 3.91. The standard InChI is InChI=1S/C9H12N2O/c1-7(2)8(12)3-4-9-10-5-6-11-9/h3-7H,1-2H3,(H,10,11)/b4-3+. The zero-order valence-corrected chi connectivity index (χ0v) is 7.24. The average molecular weight is 164 g/mol. The summed E-state index contributed by atoms with van der Waals surface area (Å²) in [6, 6.07) is 0. The number of carbonyl (C=O) groups excluding carboxylic acids is 1. The van der Waals surface area contributed by atoms with Crippen LogP contribution in [-0.4, -0.2) is 15.8 Å². The first-order valence-corrected chi connectivity index (χ1v) is 3.91. The minimum absolute atomic E-state index is 0.0520. The monoisotopic (exact) mass is 164 g/mol. The van der Waals surface area contributed by atoms with Gasteiger partial charge >= 0.3 is 0 Å². The molecule has 1 rings (SSSR count). The Balaban J connectivity index is 2.57. The van der Waals surface area contributed by atoms with Crippen molar-refractivity contribution in [2.24, 2.45) is 5.92 Å². The highest BCUT2D eigenvalue weighted by Gasteiger charge is 2.01.